The summed E-state index contributed by atoms with van der Waals surface area (Å²) >= 11 is 0. The van der Waals surface area contributed by atoms with Gasteiger partial charge in [-0.3, -0.25) is 0 Å². The van der Waals surface area contributed by atoms with Crippen LogP contribution in [0.5, 0.6) is 11.5 Å². The van der Waals surface area contributed by atoms with Crippen molar-refractivity contribution in [3.8, 4) is 11.5 Å². The second-order valence-electron chi connectivity index (χ2n) is 4.51. The first-order valence-electron chi connectivity index (χ1n) is 6.59. The van der Waals surface area contributed by atoms with Crippen LogP contribution >= 0.6 is 0 Å². The first-order chi connectivity index (χ1) is 10.2. The van der Waals surface area contributed by atoms with E-state index in [4.69, 9.17) is 9.47 Å². The Balaban J connectivity index is 1.93. The average Bonchev–Trinajstić information content (AvgIpc) is 2.54. The fraction of sp³-hybridized carbons (Fsp3) is 0.250. The molecule has 0 aliphatic heterocycles. The van der Waals surface area contributed by atoms with Gasteiger partial charge in [0.25, 0.3) is 0 Å². The highest BCUT2D eigenvalue weighted by atomic mass is 16.5. The highest BCUT2D eigenvalue weighted by Gasteiger charge is 2.01. The number of benzene rings is 2. The zero-order valence-electron chi connectivity index (χ0n) is 12.2. The molecular weight excluding hydrogens is 268 g/mol. The molecule has 0 atom stereocenters. The molecule has 0 heterocycles. The lowest BCUT2D eigenvalue weighted by Gasteiger charge is -2.04. The summed E-state index contributed by atoms with van der Waals surface area (Å²) < 4.78 is 10.2. The molecule has 0 aliphatic carbocycles. The lowest BCUT2D eigenvalue weighted by Crippen LogP contribution is -2.01. The van der Waals surface area contributed by atoms with Crippen LogP contribution in [0.4, 0.5) is 0 Å². The first-order valence-corrected chi connectivity index (χ1v) is 6.59. The maximum atomic E-state index is 11.8. The van der Waals surface area contributed by atoms with Gasteiger partial charge in [0.1, 0.15) is 18.0 Å². The Labute approximate surface area is 124 Å². The van der Waals surface area contributed by atoms with Gasteiger partial charge in [-0.2, -0.15) is 0 Å². The Morgan fingerprint density at radius 3 is 1.81 bits per heavy atom. The molecule has 5 heteroatoms. The molecule has 0 aliphatic rings. The number of hydrogen-bond acceptors (Lipinski definition) is 4. The van der Waals surface area contributed by atoms with E-state index in [1.807, 2.05) is 48.5 Å². The number of azo groups is 1. The molecule has 0 aromatic heterocycles. The third-order valence-corrected chi connectivity index (χ3v) is 3.05. The van der Waals surface area contributed by atoms with Crippen LogP contribution in [0.3, 0.4) is 0 Å². The molecule has 110 valence electrons. The summed E-state index contributed by atoms with van der Waals surface area (Å²) in [6.45, 7) is 0.573. The van der Waals surface area contributed by atoms with Gasteiger partial charge in [-0.25, -0.2) is 0 Å². The smallest absolute Gasteiger partial charge is 0.205 e. The predicted octanol–water partition coefficient (Wildman–Crippen LogP) is 3.37. The lowest BCUT2D eigenvalue weighted by molar-refractivity contribution is -0.547. The van der Waals surface area contributed by atoms with E-state index in [-0.39, 0.29) is 6.54 Å². The lowest BCUT2D eigenvalue weighted by atomic mass is 10.2. The van der Waals surface area contributed by atoms with Gasteiger partial charge in [0.05, 0.1) is 14.2 Å². The average molecular weight is 286 g/mol. The number of hydrogen-bond donors (Lipinski definition) is 0. The van der Waals surface area contributed by atoms with Gasteiger partial charge in [-0.1, -0.05) is 17.0 Å². The van der Waals surface area contributed by atoms with Crippen molar-refractivity contribution in [1.82, 2.24) is 0 Å². The van der Waals surface area contributed by atoms with Gasteiger partial charge in [-0.15, -0.1) is 0 Å². The minimum absolute atomic E-state index is 0.222. The van der Waals surface area contributed by atoms with Gasteiger partial charge in [0.15, 0.2) is 0 Å². The first kappa shape index (κ1) is 14.8. The predicted molar refractivity (Wildman–Crippen MR) is 79.5 cm³/mol. The van der Waals surface area contributed by atoms with Gasteiger partial charge in [0, 0.05) is 5.56 Å². The standard InChI is InChI=1S/C16H18N2O3/c1-20-15-7-3-13(4-8-15)11-17-18(19)12-14-5-9-16(21-2)10-6-14/h3-10H,11-12H2,1-2H3. The highest BCUT2D eigenvalue weighted by Crippen LogP contribution is 2.13. The minimum Gasteiger partial charge on any atom is -0.600 e. The van der Waals surface area contributed by atoms with Gasteiger partial charge in [-0.05, 0) is 47.1 Å². The Morgan fingerprint density at radius 2 is 1.33 bits per heavy atom. The molecule has 21 heavy (non-hydrogen) atoms. The van der Waals surface area contributed by atoms with Crippen LogP contribution in [0, 0.1) is 5.21 Å². The van der Waals surface area contributed by atoms with Crippen molar-refractivity contribution >= 4 is 0 Å². The quantitative estimate of drug-likeness (QED) is 0.465. The molecule has 0 saturated carbocycles. The number of rotatable bonds is 6. The van der Waals surface area contributed by atoms with Crippen molar-refractivity contribution in [2.24, 2.45) is 5.11 Å². The van der Waals surface area contributed by atoms with E-state index in [0.29, 0.717) is 11.4 Å². The third kappa shape index (κ3) is 4.49. The molecular formula is C16H18N2O3. The highest BCUT2D eigenvalue weighted by molar-refractivity contribution is 5.27. The maximum absolute atomic E-state index is 11.8. The van der Waals surface area contributed by atoms with Crippen molar-refractivity contribution in [3.63, 3.8) is 0 Å². The van der Waals surface area contributed by atoms with Gasteiger partial charge in [0.2, 0.25) is 6.54 Å². The summed E-state index contributed by atoms with van der Waals surface area (Å²) in [4.78, 5) is 0.700. The summed E-state index contributed by atoms with van der Waals surface area (Å²) in [5, 5.41) is 15.8. The molecule has 5 nitrogen and oxygen atoms in total. The van der Waals surface area contributed by atoms with E-state index < -0.39 is 0 Å². The van der Waals surface area contributed by atoms with Crippen molar-refractivity contribution in [2.45, 2.75) is 13.1 Å². The molecule has 0 spiro atoms. The van der Waals surface area contributed by atoms with E-state index in [9.17, 15) is 5.21 Å². The van der Waals surface area contributed by atoms with Gasteiger partial charge >= 0.3 is 0 Å². The molecule has 0 radical (unpaired) electrons. The number of methoxy groups -OCH3 is 2. The van der Waals surface area contributed by atoms with Crippen LogP contribution in [0.15, 0.2) is 53.6 Å². The summed E-state index contributed by atoms with van der Waals surface area (Å²) in [6.07, 6.45) is 0. The second-order valence-corrected chi connectivity index (χ2v) is 4.51. The fourth-order valence-corrected chi connectivity index (χ4v) is 1.83. The summed E-state index contributed by atoms with van der Waals surface area (Å²) in [6, 6.07) is 14.8. The van der Waals surface area contributed by atoms with Gasteiger partial charge < -0.3 is 14.7 Å². The number of hydroxylamine groups is 1. The van der Waals surface area contributed by atoms with Crippen molar-refractivity contribution in [3.05, 3.63) is 64.9 Å². The van der Waals surface area contributed by atoms with E-state index in [1.165, 1.54) is 0 Å². The van der Waals surface area contributed by atoms with Crippen molar-refractivity contribution < 1.29 is 14.3 Å². The van der Waals surface area contributed by atoms with Crippen LogP contribution < -0.4 is 9.47 Å². The van der Waals surface area contributed by atoms with Crippen LogP contribution in [0.1, 0.15) is 11.1 Å². The van der Waals surface area contributed by atoms with Crippen molar-refractivity contribution in [2.75, 3.05) is 14.2 Å². The Bertz CT molecular complexity index is 592. The molecule has 0 unspecified atom stereocenters. The van der Waals surface area contributed by atoms with Crippen LogP contribution in [-0.2, 0) is 13.1 Å². The monoisotopic (exact) mass is 286 g/mol. The number of ether oxygens (including phenoxy) is 2. The van der Waals surface area contributed by atoms with Crippen LogP contribution in [-0.4, -0.2) is 19.1 Å². The zero-order valence-corrected chi connectivity index (χ0v) is 12.2. The molecule has 0 bridgehead atoms. The zero-order chi connectivity index (χ0) is 15.1. The second kappa shape index (κ2) is 7.28. The Hall–Kier alpha value is -2.56. The maximum Gasteiger partial charge on any atom is 0.205 e. The number of nitrogens with zero attached hydrogens (tertiary/aromatic N) is 2. The van der Waals surface area contributed by atoms with E-state index in [2.05, 4.69) is 5.11 Å². The van der Waals surface area contributed by atoms with E-state index in [0.717, 1.165) is 22.6 Å². The minimum atomic E-state index is 0.222. The molecule has 2 aromatic carbocycles. The molecule has 2 aromatic rings. The SMILES string of the molecule is COc1ccc(CN=[N+]([O-])Cc2ccc(OC)cc2)cc1. The fourth-order valence-electron chi connectivity index (χ4n) is 1.83. The summed E-state index contributed by atoms with van der Waals surface area (Å²) in [5.41, 5.74) is 1.86. The van der Waals surface area contributed by atoms with E-state index in [1.54, 1.807) is 14.2 Å². The summed E-state index contributed by atoms with van der Waals surface area (Å²) in [7, 11) is 3.23. The Morgan fingerprint density at radius 1 is 0.857 bits per heavy atom. The molecule has 0 N–H and O–H groups in total. The van der Waals surface area contributed by atoms with Crippen LogP contribution in [0.2, 0.25) is 0 Å². The molecule has 0 amide bonds. The molecule has 0 saturated heterocycles. The summed E-state index contributed by atoms with van der Waals surface area (Å²) in [5.74, 6) is 1.56. The third-order valence-electron chi connectivity index (χ3n) is 3.05. The molecule has 0 fully saturated rings. The van der Waals surface area contributed by atoms with E-state index >= 15 is 0 Å². The van der Waals surface area contributed by atoms with Crippen LogP contribution in [0.25, 0.3) is 0 Å². The molecule has 2 rings (SSSR count). The van der Waals surface area contributed by atoms with Crippen molar-refractivity contribution in [1.29, 1.82) is 0 Å². The largest absolute Gasteiger partial charge is 0.600 e. The topological polar surface area (TPSA) is 56.9 Å². The normalized spacial score (nSPS) is 11.2. The Kier molecular flexibility index (Phi) is 5.15.